The summed E-state index contributed by atoms with van der Waals surface area (Å²) in [5.74, 6) is -0.851. The number of carboxylic acids is 1. The van der Waals surface area contributed by atoms with Crippen LogP contribution in [0.25, 0.3) is 0 Å². The second-order valence-corrected chi connectivity index (χ2v) is 4.97. The molecule has 1 aromatic rings. The highest BCUT2D eigenvalue weighted by atomic mass is 16.4. The van der Waals surface area contributed by atoms with Gasteiger partial charge in [-0.3, -0.25) is 9.69 Å². The van der Waals surface area contributed by atoms with Crippen LogP contribution in [0.1, 0.15) is 30.5 Å². The Hall–Kier alpha value is -1.86. The Morgan fingerprint density at radius 3 is 2.56 bits per heavy atom. The molecule has 1 aromatic carbocycles. The van der Waals surface area contributed by atoms with Crippen LogP contribution >= 0.6 is 0 Å². The lowest BCUT2D eigenvalue weighted by Gasteiger charge is -2.31. The fraction of sp³-hybridized carbons (Fsp3) is 0.429. The molecule has 0 aliphatic rings. The highest BCUT2D eigenvalue weighted by Gasteiger charge is 2.31. The Kier molecular flexibility index (Phi) is 4.10. The number of carbonyl (C=O) groups is 1. The van der Waals surface area contributed by atoms with Gasteiger partial charge in [-0.2, -0.15) is 5.26 Å². The number of benzene rings is 1. The SMILES string of the molecule is Cc1cc(C#N)ccc1CN(C)C(C)(C)C(=O)O. The Bertz CT molecular complexity index is 501. The molecule has 96 valence electrons. The molecular formula is C14H18N2O2. The number of hydrogen-bond donors (Lipinski definition) is 1. The monoisotopic (exact) mass is 246 g/mol. The third kappa shape index (κ3) is 2.88. The predicted octanol–water partition coefficient (Wildman–Crippen LogP) is 2.16. The first-order valence-corrected chi connectivity index (χ1v) is 5.73. The molecule has 0 radical (unpaired) electrons. The second-order valence-electron chi connectivity index (χ2n) is 4.97. The molecule has 0 heterocycles. The van der Waals surface area contributed by atoms with Gasteiger partial charge in [0.25, 0.3) is 0 Å². The van der Waals surface area contributed by atoms with E-state index in [1.54, 1.807) is 31.9 Å². The minimum absolute atomic E-state index is 0.539. The van der Waals surface area contributed by atoms with Crippen LogP contribution in [0.15, 0.2) is 18.2 Å². The average molecular weight is 246 g/mol. The van der Waals surface area contributed by atoms with Gasteiger partial charge in [-0.25, -0.2) is 0 Å². The van der Waals surface area contributed by atoms with E-state index in [1.165, 1.54) is 0 Å². The first-order chi connectivity index (χ1) is 8.28. The first kappa shape index (κ1) is 14.2. The zero-order valence-electron chi connectivity index (χ0n) is 11.2. The normalized spacial score (nSPS) is 11.3. The van der Waals surface area contributed by atoms with E-state index in [4.69, 9.17) is 10.4 Å². The van der Waals surface area contributed by atoms with Crippen LogP contribution in [0.5, 0.6) is 0 Å². The highest BCUT2D eigenvalue weighted by molar-refractivity contribution is 5.77. The summed E-state index contributed by atoms with van der Waals surface area (Å²) in [4.78, 5) is 12.9. The largest absolute Gasteiger partial charge is 0.480 e. The quantitative estimate of drug-likeness (QED) is 0.884. The van der Waals surface area contributed by atoms with Crippen molar-refractivity contribution in [2.45, 2.75) is 32.9 Å². The van der Waals surface area contributed by atoms with Crippen LogP contribution in [0, 0.1) is 18.3 Å². The molecule has 0 aromatic heterocycles. The number of carboxylic acid groups (broad SMARTS) is 1. The molecule has 0 aliphatic heterocycles. The van der Waals surface area contributed by atoms with Crippen LogP contribution in [0.2, 0.25) is 0 Å². The highest BCUT2D eigenvalue weighted by Crippen LogP contribution is 2.19. The molecule has 0 saturated carbocycles. The molecule has 0 spiro atoms. The number of aliphatic carboxylic acids is 1. The smallest absolute Gasteiger partial charge is 0.323 e. The van der Waals surface area contributed by atoms with E-state index < -0.39 is 11.5 Å². The zero-order valence-corrected chi connectivity index (χ0v) is 11.2. The van der Waals surface area contributed by atoms with Crippen LogP contribution in [0.3, 0.4) is 0 Å². The lowest BCUT2D eigenvalue weighted by atomic mass is 10.0. The Labute approximate surface area is 107 Å². The number of aryl methyl sites for hydroxylation is 1. The molecule has 4 nitrogen and oxygen atoms in total. The minimum atomic E-state index is -0.916. The third-order valence-corrected chi connectivity index (χ3v) is 3.36. The number of nitrogens with zero attached hydrogens (tertiary/aromatic N) is 2. The third-order valence-electron chi connectivity index (χ3n) is 3.36. The number of nitriles is 1. The maximum Gasteiger partial charge on any atom is 0.323 e. The first-order valence-electron chi connectivity index (χ1n) is 5.73. The van der Waals surface area contributed by atoms with Crippen molar-refractivity contribution in [2.24, 2.45) is 0 Å². The molecule has 1 N–H and O–H groups in total. The van der Waals surface area contributed by atoms with Gasteiger partial charge in [0.05, 0.1) is 11.6 Å². The van der Waals surface area contributed by atoms with E-state index in [1.807, 2.05) is 19.1 Å². The van der Waals surface area contributed by atoms with Crippen molar-refractivity contribution in [3.63, 3.8) is 0 Å². The van der Waals surface area contributed by atoms with E-state index in [-0.39, 0.29) is 0 Å². The van der Waals surface area contributed by atoms with Gasteiger partial charge in [0.15, 0.2) is 0 Å². The van der Waals surface area contributed by atoms with E-state index >= 15 is 0 Å². The molecule has 0 fully saturated rings. The van der Waals surface area contributed by atoms with Gasteiger partial charge in [-0.15, -0.1) is 0 Å². The zero-order chi connectivity index (χ0) is 13.9. The maximum absolute atomic E-state index is 11.2. The molecule has 0 saturated heterocycles. The average Bonchev–Trinajstić information content (AvgIpc) is 2.31. The molecular weight excluding hydrogens is 228 g/mol. The molecule has 1 rings (SSSR count). The topological polar surface area (TPSA) is 64.3 Å². The summed E-state index contributed by atoms with van der Waals surface area (Å²) in [6.07, 6.45) is 0. The predicted molar refractivity (Wildman–Crippen MR) is 69.1 cm³/mol. The fourth-order valence-electron chi connectivity index (χ4n) is 1.56. The van der Waals surface area contributed by atoms with Gasteiger partial charge in [-0.05, 0) is 51.1 Å². The summed E-state index contributed by atoms with van der Waals surface area (Å²) in [7, 11) is 1.78. The van der Waals surface area contributed by atoms with Crippen molar-refractivity contribution >= 4 is 5.97 Å². The van der Waals surface area contributed by atoms with Crippen LogP contribution in [0.4, 0.5) is 0 Å². The van der Waals surface area contributed by atoms with Crippen molar-refractivity contribution < 1.29 is 9.90 Å². The van der Waals surface area contributed by atoms with Gasteiger partial charge >= 0.3 is 5.97 Å². The molecule has 0 amide bonds. The standard InChI is InChI=1S/C14H18N2O2/c1-10-7-11(8-15)5-6-12(10)9-16(4)14(2,3)13(17)18/h5-7H,9H2,1-4H3,(H,17,18). The number of likely N-dealkylation sites (N-methyl/N-ethyl adjacent to an activating group) is 1. The van der Waals surface area contributed by atoms with E-state index in [0.717, 1.165) is 11.1 Å². The van der Waals surface area contributed by atoms with Crippen LogP contribution in [-0.2, 0) is 11.3 Å². The Morgan fingerprint density at radius 1 is 1.50 bits per heavy atom. The molecule has 0 aliphatic carbocycles. The van der Waals surface area contributed by atoms with Gasteiger partial charge in [0.2, 0.25) is 0 Å². The summed E-state index contributed by atoms with van der Waals surface area (Å²) in [5, 5.41) is 18.0. The number of rotatable bonds is 4. The van der Waals surface area contributed by atoms with Gasteiger partial charge in [-0.1, -0.05) is 6.07 Å². The molecule has 0 atom stereocenters. The van der Waals surface area contributed by atoms with Crippen LogP contribution < -0.4 is 0 Å². The van der Waals surface area contributed by atoms with E-state index in [0.29, 0.717) is 12.1 Å². The van der Waals surface area contributed by atoms with Gasteiger partial charge in [0, 0.05) is 6.54 Å². The van der Waals surface area contributed by atoms with Crippen LogP contribution in [-0.4, -0.2) is 28.6 Å². The second kappa shape index (κ2) is 5.19. The maximum atomic E-state index is 11.2. The van der Waals surface area contributed by atoms with E-state index in [9.17, 15) is 4.79 Å². The number of hydrogen-bond acceptors (Lipinski definition) is 3. The van der Waals surface area contributed by atoms with Crippen molar-refractivity contribution in [1.29, 1.82) is 5.26 Å². The molecule has 0 bridgehead atoms. The van der Waals surface area contributed by atoms with Crippen molar-refractivity contribution in [3.05, 3.63) is 34.9 Å². The molecule has 0 unspecified atom stereocenters. The lowest BCUT2D eigenvalue weighted by molar-refractivity contribution is -0.148. The van der Waals surface area contributed by atoms with Crippen molar-refractivity contribution in [3.8, 4) is 6.07 Å². The summed E-state index contributed by atoms with van der Waals surface area (Å²) in [6.45, 7) is 5.82. The summed E-state index contributed by atoms with van der Waals surface area (Å²) in [5.41, 5.74) is 1.74. The summed E-state index contributed by atoms with van der Waals surface area (Å²) in [6, 6.07) is 7.54. The summed E-state index contributed by atoms with van der Waals surface area (Å²) < 4.78 is 0. The van der Waals surface area contributed by atoms with Crippen molar-refractivity contribution in [1.82, 2.24) is 4.90 Å². The lowest BCUT2D eigenvalue weighted by Crippen LogP contribution is -2.47. The molecule has 4 heteroatoms. The van der Waals surface area contributed by atoms with Crippen molar-refractivity contribution in [2.75, 3.05) is 7.05 Å². The Morgan fingerprint density at radius 2 is 2.11 bits per heavy atom. The fourth-order valence-corrected chi connectivity index (χ4v) is 1.56. The summed E-state index contributed by atoms with van der Waals surface area (Å²) >= 11 is 0. The Balaban J connectivity index is 2.93. The molecule has 18 heavy (non-hydrogen) atoms. The van der Waals surface area contributed by atoms with Gasteiger partial charge in [0.1, 0.15) is 5.54 Å². The minimum Gasteiger partial charge on any atom is -0.480 e. The van der Waals surface area contributed by atoms with Gasteiger partial charge < -0.3 is 5.11 Å². The van der Waals surface area contributed by atoms with E-state index in [2.05, 4.69) is 6.07 Å².